The Kier molecular flexibility index (Phi) is 1.47. The molecule has 0 amide bonds. The van der Waals surface area contributed by atoms with Crippen molar-refractivity contribution in [2.45, 2.75) is 6.42 Å². The minimum Gasteiger partial charge on any atom is -0.424 e. The Labute approximate surface area is 67.3 Å². The lowest BCUT2D eigenvalue weighted by Crippen LogP contribution is -2.26. The molecule has 6 heteroatoms. The van der Waals surface area contributed by atoms with Gasteiger partial charge in [0.2, 0.25) is 0 Å². The van der Waals surface area contributed by atoms with Crippen molar-refractivity contribution in [3.05, 3.63) is 22.2 Å². The zero-order valence-electron chi connectivity index (χ0n) is 6.15. The van der Waals surface area contributed by atoms with Crippen molar-refractivity contribution in [3.63, 3.8) is 0 Å². The molecule has 0 aromatic carbocycles. The Balaban J connectivity index is 2.56. The van der Waals surface area contributed by atoms with Gasteiger partial charge in [-0.25, -0.2) is 10.3 Å². The van der Waals surface area contributed by atoms with E-state index in [0.717, 1.165) is 5.56 Å². The maximum absolute atomic E-state index is 10.8. The zero-order chi connectivity index (χ0) is 8.55. The third kappa shape index (κ3) is 1.02. The first-order valence-electron chi connectivity index (χ1n) is 3.47. The molecule has 2 N–H and O–H groups in total. The molecule has 0 atom stereocenters. The van der Waals surface area contributed by atoms with Gasteiger partial charge in [-0.3, -0.25) is 4.84 Å². The first-order chi connectivity index (χ1) is 5.77. The summed E-state index contributed by atoms with van der Waals surface area (Å²) in [5, 5.41) is 8.95. The lowest BCUT2D eigenvalue weighted by Gasteiger charge is -2.15. The molecule has 0 fully saturated rings. The van der Waals surface area contributed by atoms with Crippen molar-refractivity contribution in [1.82, 2.24) is 9.71 Å². The van der Waals surface area contributed by atoms with E-state index in [9.17, 15) is 4.79 Å². The molecule has 2 heterocycles. The predicted octanol–water partition coefficient (Wildman–Crippen LogP) is -0.620. The van der Waals surface area contributed by atoms with E-state index in [1.165, 1.54) is 6.20 Å². The molecule has 0 unspecified atom stereocenters. The summed E-state index contributed by atoms with van der Waals surface area (Å²) in [6.07, 6.45) is 1.97. The Morgan fingerprint density at radius 1 is 1.75 bits per heavy atom. The van der Waals surface area contributed by atoms with E-state index >= 15 is 0 Å². The highest BCUT2D eigenvalue weighted by Gasteiger charge is 2.12. The third-order valence-corrected chi connectivity index (χ3v) is 1.63. The van der Waals surface area contributed by atoms with Crippen LogP contribution in [0, 0.1) is 0 Å². The van der Waals surface area contributed by atoms with Crippen LogP contribution >= 0.6 is 0 Å². The average Bonchev–Trinajstić information content (AvgIpc) is 2.07. The molecule has 0 saturated carbocycles. The smallest absolute Gasteiger partial charge is 0.382 e. The van der Waals surface area contributed by atoms with Crippen molar-refractivity contribution in [1.29, 1.82) is 0 Å². The Morgan fingerprint density at radius 3 is 3.42 bits per heavy atom. The van der Waals surface area contributed by atoms with E-state index in [0.29, 0.717) is 23.6 Å². The van der Waals surface area contributed by atoms with Crippen LogP contribution in [0.4, 0.5) is 5.82 Å². The molecular formula is C6H7N3O3. The van der Waals surface area contributed by atoms with E-state index in [1.54, 1.807) is 0 Å². The van der Waals surface area contributed by atoms with Gasteiger partial charge in [0.25, 0.3) is 0 Å². The molecule has 0 saturated heterocycles. The summed E-state index contributed by atoms with van der Waals surface area (Å²) < 4.78 is 0.464. The van der Waals surface area contributed by atoms with E-state index in [4.69, 9.17) is 10.0 Å². The molecule has 1 aliphatic rings. The molecular weight excluding hydrogens is 162 g/mol. The summed E-state index contributed by atoms with van der Waals surface area (Å²) in [5.41, 5.74) is 2.55. The highest BCUT2D eigenvalue weighted by molar-refractivity contribution is 5.41. The summed E-state index contributed by atoms with van der Waals surface area (Å²) in [6.45, 7) is 0.507. The second-order valence-corrected chi connectivity index (χ2v) is 2.44. The fourth-order valence-corrected chi connectivity index (χ4v) is 1.03. The van der Waals surface area contributed by atoms with Crippen LogP contribution in [0.2, 0.25) is 0 Å². The van der Waals surface area contributed by atoms with Gasteiger partial charge in [-0.05, 0) is 0 Å². The number of nitrogens with one attached hydrogen (secondary N) is 1. The van der Waals surface area contributed by atoms with Gasteiger partial charge in [-0.1, -0.05) is 0 Å². The van der Waals surface area contributed by atoms with Crippen LogP contribution in [-0.2, 0) is 11.3 Å². The van der Waals surface area contributed by atoms with Crippen LogP contribution < -0.4 is 11.2 Å². The summed E-state index contributed by atoms with van der Waals surface area (Å²) in [7, 11) is 0. The van der Waals surface area contributed by atoms with Gasteiger partial charge in [0.15, 0.2) is 5.82 Å². The molecule has 12 heavy (non-hydrogen) atoms. The van der Waals surface area contributed by atoms with Crippen molar-refractivity contribution in [3.8, 4) is 0 Å². The second kappa shape index (κ2) is 2.49. The average molecular weight is 169 g/mol. The van der Waals surface area contributed by atoms with Crippen LogP contribution in [-0.4, -0.2) is 21.5 Å². The molecule has 64 valence electrons. The minimum atomic E-state index is -0.716. The lowest BCUT2D eigenvalue weighted by atomic mass is 10.2. The van der Waals surface area contributed by atoms with Crippen LogP contribution in [0.3, 0.4) is 0 Å². The number of aromatic nitrogens is 2. The van der Waals surface area contributed by atoms with Crippen LogP contribution in [0.5, 0.6) is 0 Å². The van der Waals surface area contributed by atoms with Crippen LogP contribution in [0.25, 0.3) is 0 Å². The number of nitrogens with zero attached hydrogens (tertiary/aromatic N) is 2. The summed E-state index contributed by atoms with van der Waals surface area (Å²) in [5.74, 6) is 0.386. The lowest BCUT2D eigenvalue weighted by molar-refractivity contribution is 0.158. The number of hydrogen-bond acceptors (Lipinski definition) is 5. The van der Waals surface area contributed by atoms with Gasteiger partial charge >= 0.3 is 5.69 Å². The van der Waals surface area contributed by atoms with Gasteiger partial charge in [0.05, 0.1) is 12.8 Å². The fourth-order valence-electron chi connectivity index (χ4n) is 1.03. The first-order valence-corrected chi connectivity index (χ1v) is 3.47. The molecule has 0 radical (unpaired) electrons. The summed E-state index contributed by atoms with van der Waals surface area (Å²) in [6, 6.07) is 0. The Morgan fingerprint density at radius 2 is 2.58 bits per heavy atom. The van der Waals surface area contributed by atoms with E-state index in [1.807, 2.05) is 0 Å². The maximum atomic E-state index is 10.8. The Hall–Kier alpha value is -1.56. The monoisotopic (exact) mass is 169 g/mol. The molecule has 2 rings (SSSR count). The van der Waals surface area contributed by atoms with Gasteiger partial charge in [-0.15, -0.1) is 4.73 Å². The highest BCUT2D eigenvalue weighted by atomic mass is 16.6. The standard InChI is InChI=1S/C6H7N3O3/c10-6-7-5-4(3-9(6)11)1-2-12-8-5/h3,11H,1-2H2,(H,7,8,10). The normalized spacial score (nSPS) is 15.0. The van der Waals surface area contributed by atoms with Gasteiger partial charge in [-0.2, -0.15) is 4.98 Å². The number of hydrogen-bond donors (Lipinski definition) is 2. The zero-order valence-corrected chi connectivity index (χ0v) is 6.15. The third-order valence-electron chi connectivity index (χ3n) is 1.63. The molecule has 0 bridgehead atoms. The molecule has 1 aromatic heterocycles. The van der Waals surface area contributed by atoms with Crippen molar-refractivity contribution in [2.24, 2.45) is 0 Å². The first kappa shape index (κ1) is 7.11. The highest BCUT2D eigenvalue weighted by Crippen LogP contribution is 2.13. The minimum absolute atomic E-state index is 0.386. The summed E-state index contributed by atoms with van der Waals surface area (Å²) >= 11 is 0. The quantitative estimate of drug-likeness (QED) is 0.506. The van der Waals surface area contributed by atoms with Crippen molar-refractivity contribution >= 4 is 5.82 Å². The fraction of sp³-hybridized carbons (Fsp3) is 0.333. The van der Waals surface area contributed by atoms with Crippen LogP contribution in [0.15, 0.2) is 11.0 Å². The number of anilines is 1. The van der Waals surface area contributed by atoms with E-state index in [-0.39, 0.29) is 0 Å². The number of fused-ring (bicyclic) bond motifs is 1. The molecule has 1 aromatic rings. The Bertz CT molecular complexity index is 360. The molecule has 6 nitrogen and oxygen atoms in total. The van der Waals surface area contributed by atoms with Gasteiger partial charge in [0.1, 0.15) is 0 Å². The SMILES string of the molecule is O=c1nc2c(cn1O)CCON2. The summed E-state index contributed by atoms with van der Waals surface area (Å²) in [4.78, 5) is 19.2. The van der Waals surface area contributed by atoms with Crippen molar-refractivity contribution < 1.29 is 10.0 Å². The predicted molar refractivity (Wildman–Crippen MR) is 39.0 cm³/mol. The van der Waals surface area contributed by atoms with Gasteiger partial charge in [0, 0.05) is 12.0 Å². The maximum Gasteiger partial charge on any atom is 0.382 e. The molecule has 0 spiro atoms. The number of rotatable bonds is 0. The van der Waals surface area contributed by atoms with E-state index in [2.05, 4.69) is 10.5 Å². The second-order valence-electron chi connectivity index (χ2n) is 2.44. The van der Waals surface area contributed by atoms with Crippen molar-refractivity contribution in [2.75, 3.05) is 12.1 Å². The largest absolute Gasteiger partial charge is 0.424 e. The molecule has 0 aliphatic carbocycles. The van der Waals surface area contributed by atoms with E-state index < -0.39 is 5.69 Å². The van der Waals surface area contributed by atoms with Crippen LogP contribution in [0.1, 0.15) is 5.56 Å². The van der Waals surface area contributed by atoms with Gasteiger partial charge < -0.3 is 5.21 Å². The topological polar surface area (TPSA) is 76.4 Å². The molecule has 1 aliphatic heterocycles.